The molecule has 1 fully saturated rings. The number of nitrogens with zero attached hydrogens (tertiary/aromatic N) is 2. The average Bonchev–Trinajstić information content (AvgIpc) is 2.53. The van der Waals surface area contributed by atoms with Crippen LogP contribution < -0.4 is 0 Å². The zero-order valence-electron chi connectivity index (χ0n) is 13.9. The van der Waals surface area contributed by atoms with Gasteiger partial charge in [-0.25, -0.2) is 8.42 Å². The number of rotatable bonds is 4. The molecule has 1 amide bonds. The topological polar surface area (TPSA) is 57.7 Å². The van der Waals surface area contributed by atoms with Gasteiger partial charge in [-0.1, -0.05) is 29.8 Å². The van der Waals surface area contributed by atoms with Crippen LogP contribution in [0.25, 0.3) is 6.08 Å². The third kappa shape index (κ3) is 4.65. The van der Waals surface area contributed by atoms with Crippen LogP contribution in [0.15, 0.2) is 29.7 Å². The molecule has 0 radical (unpaired) electrons. The minimum atomic E-state index is -3.50. The molecule has 0 aliphatic carbocycles. The Morgan fingerprint density at radius 1 is 1.26 bits per heavy atom. The van der Waals surface area contributed by atoms with Crippen molar-refractivity contribution in [3.63, 3.8) is 0 Å². The highest BCUT2D eigenvalue weighted by molar-refractivity contribution is 7.92. The molecular formula is C17H24N2O3S. The zero-order valence-corrected chi connectivity index (χ0v) is 14.7. The van der Waals surface area contributed by atoms with Gasteiger partial charge >= 0.3 is 0 Å². The molecule has 0 aromatic heterocycles. The first-order valence-electron chi connectivity index (χ1n) is 7.75. The van der Waals surface area contributed by atoms with Crippen LogP contribution in [0.4, 0.5) is 0 Å². The van der Waals surface area contributed by atoms with E-state index >= 15 is 0 Å². The van der Waals surface area contributed by atoms with E-state index in [2.05, 4.69) is 0 Å². The number of piperidine rings is 1. The van der Waals surface area contributed by atoms with Crippen molar-refractivity contribution in [1.29, 1.82) is 0 Å². The molecule has 1 atom stereocenters. The first-order valence-corrected chi connectivity index (χ1v) is 9.26. The highest BCUT2D eigenvalue weighted by atomic mass is 32.2. The van der Waals surface area contributed by atoms with Crippen molar-refractivity contribution < 1.29 is 13.2 Å². The molecule has 1 aliphatic rings. The third-order valence-electron chi connectivity index (χ3n) is 4.04. The highest BCUT2D eigenvalue weighted by Gasteiger charge is 2.31. The lowest BCUT2D eigenvalue weighted by molar-refractivity contribution is -0.134. The number of hydrogen-bond acceptors (Lipinski definition) is 3. The van der Waals surface area contributed by atoms with Gasteiger partial charge in [0.1, 0.15) is 0 Å². The summed E-state index contributed by atoms with van der Waals surface area (Å²) < 4.78 is 26.4. The van der Waals surface area contributed by atoms with Crippen LogP contribution in [0.1, 0.15) is 24.0 Å². The van der Waals surface area contributed by atoms with Crippen molar-refractivity contribution in [1.82, 2.24) is 9.21 Å². The van der Waals surface area contributed by atoms with Crippen LogP contribution in [0.3, 0.4) is 0 Å². The fraction of sp³-hybridized carbons (Fsp3) is 0.471. The Morgan fingerprint density at radius 2 is 1.91 bits per heavy atom. The Bertz CT molecular complexity index is 678. The van der Waals surface area contributed by atoms with Gasteiger partial charge in [0.15, 0.2) is 0 Å². The smallest absolute Gasteiger partial charge is 0.236 e. The molecule has 0 unspecified atom stereocenters. The van der Waals surface area contributed by atoms with E-state index in [1.165, 1.54) is 14.6 Å². The number of carbonyl (C=O) groups excluding carboxylic acids is 1. The number of aryl methyl sites for hydroxylation is 1. The molecule has 5 nitrogen and oxygen atoms in total. The molecule has 0 spiro atoms. The lowest BCUT2D eigenvalue weighted by Gasteiger charge is -2.31. The Balaban J connectivity index is 2.09. The summed E-state index contributed by atoms with van der Waals surface area (Å²) in [6.07, 6.45) is 3.05. The van der Waals surface area contributed by atoms with Crippen LogP contribution in [-0.2, 0) is 14.8 Å². The summed E-state index contributed by atoms with van der Waals surface area (Å²) in [5.41, 5.74) is 1.98. The summed E-state index contributed by atoms with van der Waals surface area (Å²) in [5.74, 6) is -0.256. The zero-order chi connectivity index (χ0) is 17.0. The van der Waals surface area contributed by atoms with E-state index in [4.69, 9.17) is 0 Å². The molecule has 1 aromatic carbocycles. The maximum atomic E-state index is 12.5. The van der Waals surface area contributed by atoms with Gasteiger partial charge in [-0.15, -0.1) is 0 Å². The third-order valence-corrected chi connectivity index (χ3v) is 5.58. The van der Waals surface area contributed by atoms with E-state index in [0.29, 0.717) is 13.0 Å². The van der Waals surface area contributed by atoms with Gasteiger partial charge in [0.2, 0.25) is 15.9 Å². The quantitative estimate of drug-likeness (QED) is 0.846. The van der Waals surface area contributed by atoms with Gasteiger partial charge < -0.3 is 4.90 Å². The number of hydrogen-bond donors (Lipinski definition) is 0. The fourth-order valence-electron chi connectivity index (χ4n) is 2.67. The average molecular weight is 336 g/mol. The first kappa shape index (κ1) is 17.7. The Morgan fingerprint density at radius 3 is 2.52 bits per heavy atom. The number of sulfonamides is 1. The van der Waals surface area contributed by atoms with Crippen molar-refractivity contribution in [3.05, 3.63) is 40.8 Å². The minimum absolute atomic E-state index is 0.00702. The van der Waals surface area contributed by atoms with Gasteiger partial charge in [0.25, 0.3) is 0 Å². The van der Waals surface area contributed by atoms with Crippen LogP contribution in [0.2, 0.25) is 0 Å². The second kappa shape index (κ2) is 7.27. The summed E-state index contributed by atoms with van der Waals surface area (Å²) in [5, 5.41) is 1.24. The fourth-order valence-corrected chi connectivity index (χ4v) is 3.94. The van der Waals surface area contributed by atoms with Crippen molar-refractivity contribution in [2.24, 2.45) is 5.92 Å². The molecule has 1 aromatic rings. The molecule has 126 valence electrons. The molecule has 1 aliphatic heterocycles. The van der Waals surface area contributed by atoms with E-state index in [-0.39, 0.29) is 18.4 Å². The molecule has 23 heavy (non-hydrogen) atoms. The molecule has 0 bridgehead atoms. The lowest BCUT2D eigenvalue weighted by Crippen LogP contribution is -2.44. The molecule has 0 N–H and O–H groups in total. The lowest BCUT2D eigenvalue weighted by atomic mass is 9.98. The van der Waals surface area contributed by atoms with Gasteiger partial charge in [-0.2, -0.15) is 4.31 Å². The van der Waals surface area contributed by atoms with Crippen molar-refractivity contribution in [2.75, 3.05) is 27.2 Å². The maximum absolute atomic E-state index is 12.5. The second-order valence-electron chi connectivity index (χ2n) is 6.19. The Kier molecular flexibility index (Phi) is 5.59. The van der Waals surface area contributed by atoms with Gasteiger partial charge in [0, 0.05) is 32.6 Å². The monoisotopic (exact) mass is 336 g/mol. The Labute approximate surface area is 138 Å². The van der Waals surface area contributed by atoms with Crippen LogP contribution in [-0.4, -0.2) is 50.7 Å². The van der Waals surface area contributed by atoms with Crippen molar-refractivity contribution in [3.8, 4) is 0 Å². The summed E-state index contributed by atoms with van der Waals surface area (Å²) in [6, 6.07) is 7.66. The van der Waals surface area contributed by atoms with Gasteiger partial charge in [0.05, 0.1) is 5.92 Å². The second-order valence-corrected chi connectivity index (χ2v) is 8.01. The summed E-state index contributed by atoms with van der Waals surface area (Å²) >= 11 is 0. The minimum Gasteiger partial charge on any atom is -0.349 e. The first-order chi connectivity index (χ1) is 10.8. The predicted octanol–water partition coefficient (Wildman–Crippen LogP) is 2.10. The summed E-state index contributed by atoms with van der Waals surface area (Å²) in [7, 11) is -0.0988. The number of carbonyl (C=O) groups is 1. The standard InChI is InChI=1S/C17H24N2O3S/c1-14-6-8-15(9-7-14)10-12-23(21,22)19-11-4-5-16(13-19)17(20)18(2)3/h6-10,12,16H,4-5,11,13H2,1-3H3/b12-10+/t16-/m1/s1. The van der Waals surface area contributed by atoms with E-state index in [1.54, 1.807) is 20.2 Å². The molecule has 6 heteroatoms. The van der Waals surface area contributed by atoms with Gasteiger partial charge in [-0.05, 0) is 31.4 Å². The maximum Gasteiger partial charge on any atom is 0.236 e. The van der Waals surface area contributed by atoms with E-state index in [0.717, 1.165) is 17.5 Å². The van der Waals surface area contributed by atoms with Crippen LogP contribution in [0, 0.1) is 12.8 Å². The Hall–Kier alpha value is -1.66. The molecule has 2 rings (SSSR count). The van der Waals surface area contributed by atoms with Crippen molar-refractivity contribution in [2.45, 2.75) is 19.8 Å². The van der Waals surface area contributed by atoms with Crippen LogP contribution in [0.5, 0.6) is 0 Å². The van der Waals surface area contributed by atoms with Gasteiger partial charge in [-0.3, -0.25) is 4.79 Å². The summed E-state index contributed by atoms with van der Waals surface area (Å²) in [6.45, 7) is 2.72. The molecule has 1 saturated heterocycles. The molecular weight excluding hydrogens is 312 g/mol. The molecule has 1 heterocycles. The van der Waals surface area contributed by atoms with E-state index in [9.17, 15) is 13.2 Å². The van der Waals surface area contributed by atoms with Crippen LogP contribution >= 0.6 is 0 Å². The molecule has 0 saturated carbocycles. The SMILES string of the molecule is Cc1ccc(/C=C/S(=O)(=O)N2CCC[C@@H](C(=O)N(C)C)C2)cc1. The normalized spacial score (nSPS) is 19.9. The number of amides is 1. The number of benzene rings is 1. The highest BCUT2D eigenvalue weighted by Crippen LogP contribution is 2.21. The largest absolute Gasteiger partial charge is 0.349 e. The predicted molar refractivity (Wildman–Crippen MR) is 92.1 cm³/mol. The summed E-state index contributed by atoms with van der Waals surface area (Å²) in [4.78, 5) is 13.6. The van der Waals surface area contributed by atoms with E-state index < -0.39 is 10.0 Å². The van der Waals surface area contributed by atoms with Crippen molar-refractivity contribution >= 4 is 22.0 Å². The van der Waals surface area contributed by atoms with E-state index in [1.807, 2.05) is 31.2 Å².